The van der Waals surface area contributed by atoms with E-state index in [-0.39, 0.29) is 19.7 Å². The smallest absolute Gasteiger partial charge is 0.420 e. The standard InChI is InChI=1S/C20H23N3O5S.2H2/c1-14(23-13-5-7-15-6-3-4-8-18(15)23)19(24)21-16-9-11-17(12-10-16)29(26,27)22-20(25)28-2;;/h3-4,6,8-12,14H,5,7,13H2,1-2H3,(H,21,24)(H,22,25);2*1H/t14-;;/m0../s1. The fourth-order valence-corrected chi connectivity index (χ4v) is 4.20. The molecule has 0 saturated heterocycles. The first-order valence-electron chi connectivity index (χ1n) is 9.18. The topological polar surface area (TPSA) is 105 Å². The predicted molar refractivity (Wildman–Crippen MR) is 114 cm³/mol. The summed E-state index contributed by atoms with van der Waals surface area (Å²) < 4.78 is 30.2. The second-order valence-corrected chi connectivity index (χ2v) is 8.39. The largest absolute Gasteiger partial charge is 0.452 e. The van der Waals surface area contributed by atoms with E-state index >= 15 is 0 Å². The van der Waals surface area contributed by atoms with Crippen LogP contribution >= 0.6 is 0 Å². The summed E-state index contributed by atoms with van der Waals surface area (Å²) in [5.74, 6) is -0.190. The number of nitrogens with one attached hydrogen (secondary N) is 2. The van der Waals surface area contributed by atoms with Crippen molar-refractivity contribution in [1.82, 2.24) is 4.72 Å². The number of hydrogen-bond donors (Lipinski definition) is 2. The van der Waals surface area contributed by atoms with Crippen molar-refractivity contribution in [3.05, 3.63) is 54.1 Å². The summed E-state index contributed by atoms with van der Waals surface area (Å²) in [6.07, 6.45) is 0.906. The van der Waals surface area contributed by atoms with Crippen molar-refractivity contribution in [1.29, 1.82) is 0 Å². The lowest BCUT2D eigenvalue weighted by Crippen LogP contribution is -2.44. The van der Waals surface area contributed by atoms with Crippen molar-refractivity contribution < 1.29 is 25.6 Å². The summed E-state index contributed by atoms with van der Waals surface area (Å²) in [6.45, 7) is 2.64. The third-order valence-electron chi connectivity index (χ3n) is 4.83. The van der Waals surface area contributed by atoms with Crippen molar-refractivity contribution in [3.8, 4) is 0 Å². The van der Waals surface area contributed by atoms with Gasteiger partial charge in [-0.25, -0.2) is 17.9 Å². The summed E-state index contributed by atoms with van der Waals surface area (Å²) in [4.78, 5) is 25.9. The van der Waals surface area contributed by atoms with Crippen LogP contribution in [0.4, 0.5) is 16.2 Å². The van der Waals surface area contributed by atoms with Crippen LogP contribution in [-0.4, -0.2) is 40.1 Å². The number of carbonyl (C=O) groups excluding carboxylic acids is 2. The van der Waals surface area contributed by atoms with Crippen LogP contribution in [0, 0.1) is 0 Å². The van der Waals surface area contributed by atoms with E-state index in [1.54, 1.807) is 4.72 Å². The maximum absolute atomic E-state index is 12.7. The van der Waals surface area contributed by atoms with Crippen molar-refractivity contribution in [2.45, 2.75) is 30.7 Å². The minimum atomic E-state index is -4.03. The number of hydrogen-bond acceptors (Lipinski definition) is 6. The molecule has 0 bridgehead atoms. The van der Waals surface area contributed by atoms with Crippen LogP contribution in [0.3, 0.4) is 0 Å². The van der Waals surface area contributed by atoms with Gasteiger partial charge in [-0.15, -0.1) is 0 Å². The Hall–Kier alpha value is -3.07. The van der Waals surface area contributed by atoms with Crippen LogP contribution in [0.1, 0.15) is 21.8 Å². The van der Waals surface area contributed by atoms with Gasteiger partial charge in [-0.1, -0.05) is 18.2 Å². The highest BCUT2D eigenvalue weighted by Crippen LogP contribution is 2.28. The zero-order valence-electron chi connectivity index (χ0n) is 16.2. The molecule has 2 amide bonds. The second-order valence-electron chi connectivity index (χ2n) is 6.71. The van der Waals surface area contributed by atoms with Crippen LogP contribution in [-0.2, 0) is 26.0 Å². The normalized spacial score (nSPS) is 14.5. The molecule has 0 spiro atoms. The number of anilines is 2. The van der Waals surface area contributed by atoms with Crippen molar-refractivity contribution >= 4 is 33.4 Å². The Kier molecular flexibility index (Phi) is 6.07. The van der Waals surface area contributed by atoms with Gasteiger partial charge >= 0.3 is 6.09 Å². The summed E-state index contributed by atoms with van der Waals surface area (Å²) in [5, 5.41) is 2.81. The molecule has 1 aliphatic heterocycles. The second kappa shape index (κ2) is 8.52. The number of benzene rings is 2. The van der Waals surface area contributed by atoms with E-state index in [4.69, 9.17) is 0 Å². The highest BCUT2D eigenvalue weighted by atomic mass is 32.2. The van der Waals surface area contributed by atoms with E-state index in [1.807, 2.05) is 25.1 Å². The molecule has 158 valence electrons. The molecular weight excluding hydrogens is 394 g/mol. The van der Waals surface area contributed by atoms with Gasteiger partial charge in [0.15, 0.2) is 0 Å². The Labute approximate surface area is 172 Å². The molecule has 1 heterocycles. The fourth-order valence-electron chi connectivity index (χ4n) is 3.28. The van der Waals surface area contributed by atoms with Gasteiger partial charge in [-0.05, 0) is 55.7 Å². The van der Waals surface area contributed by atoms with E-state index in [1.165, 1.54) is 29.8 Å². The van der Waals surface area contributed by atoms with Gasteiger partial charge in [0.05, 0.1) is 12.0 Å². The molecule has 1 aliphatic rings. The van der Waals surface area contributed by atoms with E-state index in [0.29, 0.717) is 5.69 Å². The van der Waals surface area contributed by atoms with Crippen molar-refractivity contribution in [2.75, 3.05) is 23.9 Å². The highest BCUT2D eigenvalue weighted by Gasteiger charge is 2.26. The molecule has 2 N–H and O–H groups in total. The SMILES string of the molecule is COC(=O)NS(=O)(=O)c1ccc(NC(=O)[C@H](C)N2CCCc3ccccc32)cc1.[HH].[HH]. The number of ether oxygens (including phenoxy) is 1. The minimum Gasteiger partial charge on any atom is -0.452 e. The number of methoxy groups -OCH3 is 1. The van der Waals surface area contributed by atoms with Gasteiger partial charge in [0.2, 0.25) is 5.91 Å². The molecule has 1 atom stereocenters. The number of carbonyl (C=O) groups is 2. The Morgan fingerprint density at radius 1 is 1.14 bits per heavy atom. The third kappa shape index (κ3) is 4.68. The van der Waals surface area contributed by atoms with Crippen LogP contribution in [0.15, 0.2) is 53.4 Å². The summed E-state index contributed by atoms with van der Waals surface area (Å²) >= 11 is 0. The van der Waals surface area contributed by atoms with E-state index in [9.17, 15) is 18.0 Å². The highest BCUT2D eigenvalue weighted by molar-refractivity contribution is 7.90. The van der Waals surface area contributed by atoms with Crippen LogP contribution in [0.2, 0.25) is 0 Å². The summed E-state index contributed by atoms with van der Waals surface area (Å²) in [5.41, 5.74) is 2.76. The predicted octanol–water partition coefficient (Wildman–Crippen LogP) is 3.00. The van der Waals surface area contributed by atoms with Gasteiger partial charge in [0.25, 0.3) is 10.0 Å². The lowest BCUT2D eigenvalue weighted by atomic mass is 10.00. The molecule has 2 aromatic rings. The van der Waals surface area contributed by atoms with Gasteiger partial charge in [0, 0.05) is 20.8 Å². The molecule has 3 rings (SSSR count). The average Bonchev–Trinajstić information content (AvgIpc) is 2.72. The van der Waals surface area contributed by atoms with Crippen LogP contribution < -0.4 is 14.9 Å². The Morgan fingerprint density at radius 3 is 2.52 bits per heavy atom. The molecule has 0 aromatic heterocycles. The quantitative estimate of drug-likeness (QED) is 0.769. The number of sulfonamides is 1. The molecule has 0 aliphatic carbocycles. The molecule has 0 saturated carbocycles. The van der Waals surface area contributed by atoms with E-state index in [2.05, 4.69) is 21.0 Å². The van der Waals surface area contributed by atoms with Crippen LogP contribution in [0.5, 0.6) is 0 Å². The molecule has 0 fully saturated rings. The lowest BCUT2D eigenvalue weighted by Gasteiger charge is -2.35. The van der Waals surface area contributed by atoms with E-state index < -0.39 is 16.1 Å². The van der Waals surface area contributed by atoms with Crippen LogP contribution in [0.25, 0.3) is 0 Å². The van der Waals surface area contributed by atoms with Crippen molar-refractivity contribution in [2.24, 2.45) is 0 Å². The van der Waals surface area contributed by atoms with Gasteiger partial charge < -0.3 is 15.0 Å². The molecule has 2 aromatic carbocycles. The zero-order valence-corrected chi connectivity index (χ0v) is 17.0. The van der Waals surface area contributed by atoms with Gasteiger partial charge in [-0.3, -0.25) is 4.79 Å². The number of amides is 2. The monoisotopic (exact) mass is 421 g/mol. The number of aryl methyl sites for hydroxylation is 1. The maximum Gasteiger partial charge on any atom is 0.420 e. The first-order chi connectivity index (χ1) is 13.8. The Bertz CT molecular complexity index is 1020. The lowest BCUT2D eigenvalue weighted by molar-refractivity contribution is -0.117. The summed E-state index contributed by atoms with van der Waals surface area (Å²) in [6, 6.07) is 13.2. The van der Waals surface area contributed by atoms with E-state index in [0.717, 1.165) is 32.2 Å². The molecule has 0 radical (unpaired) electrons. The zero-order chi connectivity index (χ0) is 21.0. The number of rotatable bonds is 5. The van der Waals surface area contributed by atoms with Crippen molar-refractivity contribution in [3.63, 3.8) is 0 Å². The van der Waals surface area contributed by atoms with Gasteiger partial charge in [0.1, 0.15) is 6.04 Å². The van der Waals surface area contributed by atoms with Gasteiger partial charge in [-0.2, -0.15) is 0 Å². The molecular formula is C20H27N3O5S. The fraction of sp³-hybridized carbons (Fsp3) is 0.300. The molecule has 8 nitrogen and oxygen atoms in total. The molecule has 0 unspecified atom stereocenters. The first kappa shape index (κ1) is 20.7. The maximum atomic E-state index is 12.7. The Morgan fingerprint density at radius 2 is 1.83 bits per heavy atom. The Balaban J connectivity index is 0.00000240. The average molecular weight is 422 g/mol. The number of para-hydroxylation sites is 1. The minimum absolute atomic E-state index is 0. The summed E-state index contributed by atoms with van der Waals surface area (Å²) in [7, 11) is -2.95. The number of fused-ring (bicyclic) bond motifs is 1. The molecule has 29 heavy (non-hydrogen) atoms. The molecule has 9 heteroatoms. The first-order valence-corrected chi connectivity index (χ1v) is 10.7. The third-order valence-corrected chi connectivity index (χ3v) is 6.16. The number of nitrogens with zero attached hydrogens (tertiary/aromatic N) is 1.